The highest BCUT2D eigenvalue weighted by Crippen LogP contribution is 2.13. The third-order valence-corrected chi connectivity index (χ3v) is 5.28. The molecule has 33 heavy (non-hydrogen) atoms. The van der Waals surface area contributed by atoms with E-state index in [-0.39, 0.29) is 11.8 Å². The van der Waals surface area contributed by atoms with Gasteiger partial charge in [-0.2, -0.15) is 0 Å². The van der Waals surface area contributed by atoms with Gasteiger partial charge in [0.25, 0.3) is 5.91 Å². The number of ether oxygens (including phenoxy) is 1. The maximum atomic E-state index is 13.1. The fourth-order valence-electron chi connectivity index (χ4n) is 3.38. The summed E-state index contributed by atoms with van der Waals surface area (Å²) in [6.45, 7) is 4.97. The van der Waals surface area contributed by atoms with E-state index in [0.29, 0.717) is 25.3 Å². The van der Waals surface area contributed by atoms with E-state index in [1.54, 1.807) is 0 Å². The number of hydrogen-bond acceptors (Lipinski definition) is 3. The summed E-state index contributed by atoms with van der Waals surface area (Å²) in [5.74, 6) is -1.24. The van der Waals surface area contributed by atoms with Gasteiger partial charge in [0, 0.05) is 12.1 Å². The van der Waals surface area contributed by atoms with Crippen molar-refractivity contribution in [3.05, 3.63) is 107 Å². The molecule has 3 aromatic rings. The number of rotatable bonds is 10. The van der Waals surface area contributed by atoms with E-state index < -0.39 is 17.8 Å². The number of carbonyl (C=O) groups is 2. The van der Waals surface area contributed by atoms with Gasteiger partial charge in [-0.15, -0.1) is 0 Å². The molecule has 0 fully saturated rings. The first kappa shape index (κ1) is 24.1. The predicted molar refractivity (Wildman–Crippen MR) is 126 cm³/mol. The number of hydrogen-bond donors (Lipinski definition) is 2. The summed E-state index contributed by atoms with van der Waals surface area (Å²) in [7, 11) is 0. The zero-order valence-corrected chi connectivity index (χ0v) is 18.9. The van der Waals surface area contributed by atoms with Crippen LogP contribution in [0.15, 0.2) is 78.9 Å². The van der Waals surface area contributed by atoms with Gasteiger partial charge in [-0.05, 0) is 46.9 Å². The molecule has 2 amide bonds. The van der Waals surface area contributed by atoms with Crippen LogP contribution in [0.5, 0.6) is 0 Å². The van der Waals surface area contributed by atoms with Crippen molar-refractivity contribution in [2.24, 2.45) is 5.92 Å². The third-order valence-electron chi connectivity index (χ3n) is 5.28. The summed E-state index contributed by atoms with van der Waals surface area (Å²) in [6.07, 6.45) is 0. The Morgan fingerprint density at radius 3 is 2.15 bits per heavy atom. The van der Waals surface area contributed by atoms with Crippen molar-refractivity contribution in [1.82, 2.24) is 10.6 Å². The molecule has 0 aliphatic carbocycles. The van der Waals surface area contributed by atoms with Gasteiger partial charge in [-0.3, -0.25) is 9.59 Å². The lowest BCUT2D eigenvalue weighted by molar-refractivity contribution is -0.124. The number of amides is 2. The Hall–Kier alpha value is -3.51. The minimum atomic E-state index is -0.718. The van der Waals surface area contributed by atoms with Crippen LogP contribution in [-0.4, -0.2) is 17.9 Å². The molecule has 0 aliphatic rings. The summed E-state index contributed by atoms with van der Waals surface area (Å²) in [5, 5.41) is 5.68. The highest BCUT2D eigenvalue weighted by atomic mass is 19.1. The Labute approximate surface area is 194 Å². The van der Waals surface area contributed by atoms with Gasteiger partial charge in [0.1, 0.15) is 11.9 Å². The SMILES string of the molecule is CC(C)C(NC(=O)c1ccc(F)cc1)C(=O)NCc1ccccc1COCc1ccccc1. The molecule has 3 rings (SSSR count). The maximum Gasteiger partial charge on any atom is 0.251 e. The Balaban J connectivity index is 1.57. The first-order valence-corrected chi connectivity index (χ1v) is 11.0. The average Bonchev–Trinajstić information content (AvgIpc) is 2.82. The molecule has 0 spiro atoms. The van der Waals surface area contributed by atoms with Gasteiger partial charge in [-0.25, -0.2) is 4.39 Å². The molecule has 1 unspecified atom stereocenters. The molecule has 0 saturated heterocycles. The summed E-state index contributed by atoms with van der Waals surface area (Å²) >= 11 is 0. The largest absolute Gasteiger partial charge is 0.372 e. The van der Waals surface area contributed by atoms with Crippen LogP contribution in [0.3, 0.4) is 0 Å². The van der Waals surface area contributed by atoms with Gasteiger partial charge >= 0.3 is 0 Å². The topological polar surface area (TPSA) is 67.4 Å². The van der Waals surface area contributed by atoms with Crippen LogP contribution in [0.25, 0.3) is 0 Å². The minimum absolute atomic E-state index is 0.126. The van der Waals surface area contributed by atoms with E-state index in [1.807, 2.05) is 68.4 Å². The molecular weight excluding hydrogens is 419 g/mol. The van der Waals surface area contributed by atoms with Gasteiger partial charge in [0.2, 0.25) is 5.91 Å². The Kier molecular flexibility index (Phi) is 8.72. The highest BCUT2D eigenvalue weighted by molar-refractivity contribution is 5.97. The number of halogens is 1. The highest BCUT2D eigenvalue weighted by Gasteiger charge is 2.24. The van der Waals surface area contributed by atoms with Crippen molar-refractivity contribution in [2.75, 3.05) is 0 Å². The van der Waals surface area contributed by atoms with Crippen molar-refractivity contribution in [2.45, 2.75) is 39.6 Å². The van der Waals surface area contributed by atoms with Crippen LogP contribution < -0.4 is 10.6 Å². The third kappa shape index (κ3) is 7.26. The van der Waals surface area contributed by atoms with Crippen molar-refractivity contribution in [3.8, 4) is 0 Å². The smallest absolute Gasteiger partial charge is 0.251 e. The Bertz CT molecular complexity index is 1050. The van der Waals surface area contributed by atoms with E-state index in [4.69, 9.17) is 4.74 Å². The lowest BCUT2D eigenvalue weighted by Crippen LogP contribution is -2.49. The fraction of sp³-hybridized carbons (Fsp3) is 0.259. The molecule has 5 nitrogen and oxygen atoms in total. The standard InChI is InChI=1S/C27H29FN2O3/c1-19(2)25(30-26(31)21-12-14-24(28)15-13-21)27(32)29-16-22-10-6-7-11-23(22)18-33-17-20-8-4-3-5-9-20/h3-15,19,25H,16-18H2,1-2H3,(H,29,32)(H,30,31). The van der Waals surface area contributed by atoms with Crippen molar-refractivity contribution in [1.29, 1.82) is 0 Å². The Morgan fingerprint density at radius 2 is 1.48 bits per heavy atom. The molecule has 0 aromatic heterocycles. The zero-order chi connectivity index (χ0) is 23.6. The van der Waals surface area contributed by atoms with Crippen LogP contribution in [0.4, 0.5) is 4.39 Å². The van der Waals surface area contributed by atoms with Crippen LogP contribution in [0, 0.1) is 11.7 Å². The lowest BCUT2D eigenvalue weighted by Gasteiger charge is -2.22. The molecule has 0 heterocycles. The molecule has 0 saturated carbocycles. The second kappa shape index (κ2) is 11.9. The van der Waals surface area contributed by atoms with Crippen LogP contribution in [-0.2, 0) is 29.3 Å². The monoisotopic (exact) mass is 448 g/mol. The minimum Gasteiger partial charge on any atom is -0.372 e. The molecule has 0 aliphatic heterocycles. The second-order valence-electron chi connectivity index (χ2n) is 8.17. The summed E-state index contributed by atoms with van der Waals surface area (Å²) < 4.78 is 19.0. The van der Waals surface area contributed by atoms with Gasteiger partial charge in [0.05, 0.1) is 13.2 Å². The summed E-state index contributed by atoms with van der Waals surface area (Å²) in [5.41, 5.74) is 3.34. The zero-order valence-electron chi connectivity index (χ0n) is 18.9. The van der Waals surface area contributed by atoms with E-state index in [2.05, 4.69) is 10.6 Å². The van der Waals surface area contributed by atoms with Gasteiger partial charge < -0.3 is 15.4 Å². The predicted octanol–water partition coefficient (Wildman–Crippen LogP) is 4.61. The molecule has 2 N–H and O–H groups in total. The molecule has 3 aromatic carbocycles. The van der Waals surface area contributed by atoms with Crippen LogP contribution in [0.2, 0.25) is 0 Å². The molecule has 0 radical (unpaired) electrons. The van der Waals surface area contributed by atoms with Crippen molar-refractivity contribution < 1.29 is 18.7 Å². The molecule has 0 bridgehead atoms. The van der Waals surface area contributed by atoms with E-state index in [0.717, 1.165) is 16.7 Å². The fourth-order valence-corrected chi connectivity index (χ4v) is 3.38. The quantitative estimate of drug-likeness (QED) is 0.476. The Morgan fingerprint density at radius 1 is 0.848 bits per heavy atom. The normalized spacial score (nSPS) is 11.8. The van der Waals surface area contributed by atoms with E-state index in [9.17, 15) is 14.0 Å². The number of nitrogens with one attached hydrogen (secondary N) is 2. The van der Waals surface area contributed by atoms with Gasteiger partial charge in [-0.1, -0.05) is 68.4 Å². The molecule has 6 heteroatoms. The van der Waals surface area contributed by atoms with Crippen LogP contribution in [0.1, 0.15) is 40.9 Å². The maximum absolute atomic E-state index is 13.1. The van der Waals surface area contributed by atoms with Gasteiger partial charge in [0.15, 0.2) is 0 Å². The lowest BCUT2D eigenvalue weighted by atomic mass is 10.0. The first-order valence-electron chi connectivity index (χ1n) is 11.0. The average molecular weight is 449 g/mol. The van der Waals surface area contributed by atoms with E-state index in [1.165, 1.54) is 24.3 Å². The summed E-state index contributed by atoms with van der Waals surface area (Å²) in [6, 6.07) is 22.2. The van der Waals surface area contributed by atoms with Crippen molar-refractivity contribution >= 4 is 11.8 Å². The number of benzene rings is 3. The van der Waals surface area contributed by atoms with E-state index >= 15 is 0 Å². The van der Waals surface area contributed by atoms with Crippen molar-refractivity contribution in [3.63, 3.8) is 0 Å². The molecular formula is C27H29FN2O3. The first-order chi connectivity index (χ1) is 15.9. The number of carbonyl (C=O) groups excluding carboxylic acids is 2. The molecule has 172 valence electrons. The molecule has 1 atom stereocenters. The summed E-state index contributed by atoms with van der Waals surface area (Å²) in [4.78, 5) is 25.4. The van der Waals surface area contributed by atoms with Crippen LogP contribution >= 0.6 is 0 Å². The second-order valence-corrected chi connectivity index (χ2v) is 8.17.